The lowest BCUT2D eigenvalue weighted by Crippen LogP contribution is -2.39. The van der Waals surface area contributed by atoms with E-state index in [2.05, 4.69) is 4.99 Å². The Morgan fingerprint density at radius 3 is 2.59 bits per heavy atom. The van der Waals surface area contributed by atoms with Gasteiger partial charge in [-0.05, 0) is 68.3 Å². The van der Waals surface area contributed by atoms with Crippen LogP contribution in [0.5, 0.6) is 0 Å². The van der Waals surface area contributed by atoms with E-state index < -0.39 is 29.4 Å². The molecule has 4 aromatic rings. The SMILES string of the molecule is CCOC(=O)C1=C(C)N=c2s/c(=C\c3ccc(-c4cc(C(=O)O)ccc4C)o3)c(=O)n2[C@@H]1c1ccc(F)cc1. The largest absolute Gasteiger partial charge is 0.478 e. The van der Waals surface area contributed by atoms with E-state index in [1.807, 2.05) is 6.92 Å². The number of allylic oxidation sites excluding steroid dienone is 1. The number of aryl methyl sites for hydroxylation is 1. The molecule has 1 aliphatic heterocycles. The molecule has 3 heterocycles. The molecular formula is C29H23FN2O6S. The predicted octanol–water partition coefficient (Wildman–Crippen LogP) is 4.20. The highest BCUT2D eigenvalue weighted by atomic mass is 32.1. The van der Waals surface area contributed by atoms with E-state index in [4.69, 9.17) is 9.15 Å². The number of esters is 1. The van der Waals surface area contributed by atoms with E-state index in [1.165, 1.54) is 41.0 Å². The lowest BCUT2D eigenvalue weighted by molar-refractivity contribution is -0.139. The van der Waals surface area contributed by atoms with Crippen molar-refractivity contribution < 1.29 is 28.2 Å². The summed E-state index contributed by atoms with van der Waals surface area (Å²) in [6.07, 6.45) is 1.58. The van der Waals surface area contributed by atoms with Crippen molar-refractivity contribution in [3.63, 3.8) is 0 Å². The van der Waals surface area contributed by atoms with Gasteiger partial charge in [0.05, 0.1) is 34.0 Å². The second-order valence-electron chi connectivity index (χ2n) is 8.89. The molecule has 2 aromatic carbocycles. The standard InChI is InChI=1S/C29H23FN2O6S/c1-4-37-28(36)24-16(3)31-29-32(25(24)17-7-9-19(30)10-8-17)26(33)23(39-29)14-20-11-12-22(38-20)21-13-18(27(34)35)6-5-15(21)2/h5-14,25H,4H2,1-3H3,(H,34,35)/b23-14-/t25-/m1/s1. The summed E-state index contributed by atoms with van der Waals surface area (Å²) in [5, 5.41) is 9.34. The highest BCUT2D eigenvalue weighted by molar-refractivity contribution is 7.07. The van der Waals surface area contributed by atoms with Gasteiger partial charge in [0.15, 0.2) is 4.80 Å². The molecule has 1 aliphatic rings. The number of carboxylic acid groups (broad SMARTS) is 1. The number of ether oxygens (including phenoxy) is 1. The molecule has 0 aliphatic carbocycles. The minimum atomic E-state index is -1.04. The number of rotatable bonds is 6. The van der Waals surface area contributed by atoms with E-state index >= 15 is 0 Å². The fourth-order valence-electron chi connectivity index (χ4n) is 4.48. The first-order valence-electron chi connectivity index (χ1n) is 12.1. The van der Waals surface area contributed by atoms with Gasteiger partial charge in [-0.1, -0.05) is 29.5 Å². The van der Waals surface area contributed by atoms with Crippen molar-refractivity contribution in [2.75, 3.05) is 6.61 Å². The second-order valence-corrected chi connectivity index (χ2v) is 9.90. The number of carbonyl (C=O) groups is 2. The van der Waals surface area contributed by atoms with Crippen LogP contribution >= 0.6 is 11.3 Å². The predicted molar refractivity (Wildman–Crippen MR) is 143 cm³/mol. The van der Waals surface area contributed by atoms with Gasteiger partial charge in [0, 0.05) is 11.6 Å². The van der Waals surface area contributed by atoms with Crippen LogP contribution in [0, 0.1) is 12.7 Å². The van der Waals surface area contributed by atoms with Gasteiger partial charge in [-0.2, -0.15) is 0 Å². The summed E-state index contributed by atoms with van der Waals surface area (Å²) in [6.45, 7) is 5.35. The van der Waals surface area contributed by atoms with Crippen LogP contribution in [0.15, 0.2) is 80.1 Å². The van der Waals surface area contributed by atoms with Crippen LogP contribution in [-0.2, 0) is 9.53 Å². The zero-order chi connectivity index (χ0) is 27.8. The Morgan fingerprint density at radius 2 is 1.90 bits per heavy atom. The third kappa shape index (κ3) is 4.86. The van der Waals surface area contributed by atoms with Crippen LogP contribution in [0.25, 0.3) is 17.4 Å². The van der Waals surface area contributed by atoms with Crippen LogP contribution in [0.2, 0.25) is 0 Å². The van der Waals surface area contributed by atoms with Gasteiger partial charge < -0.3 is 14.3 Å². The van der Waals surface area contributed by atoms with Crippen LogP contribution < -0.4 is 14.9 Å². The summed E-state index contributed by atoms with van der Waals surface area (Å²) in [5.41, 5.74) is 2.35. The van der Waals surface area contributed by atoms with Crippen LogP contribution in [0.3, 0.4) is 0 Å². The molecule has 0 spiro atoms. The van der Waals surface area contributed by atoms with Crippen molar-refractivity contribution in [2.45, 2.75) is 26.8 Å². The number of aromatic nitrogens is 1. The van der Waals surface area contributed by atoms with Crippen molar-refractivity contribution >= 4 is 29.4 Å². The Kier molecular flexibility index (Phi) is 6.88. The number of nitrogens with zero attached hydrogens (tertiary/aromatic N) is 2. The maximum Gasteiger partial charge on any atom is 0.338 e. The first-order chi connectivity index (χ1) is 18.7. The topological polar surface area (TPSA) is 111 Å². The number of halogens is 1. The van der Waals surface area contributed by atoms with Crippen molar-refractivity contribution in [1.82, 2.24) is 4.57 Å². The first-order valence-corrected chi connectivity index (χ1v) is 12.9. The summed E-state index contributed by atoms with van der Waals surface area (Å²) >= 11 is 1.13. The van der Waals surface area contributed by atoms with Crippen LogP contribution in [0.4, 0.5) is 4.39 Å². The highest BCUT2D eigenvalue weighted by Gasteiger charge is 2.33. The number of furan rings is 1. The molecule has 0 amide bonds. The molecule has 0 saturated heterocycles. The zero-order valence-electron chi connectivity index (χ0n) is 21.2. The molecule has 1 N–H and O–H groups in total. The Labute approximate surface area is 225 Å². The molecule has 10 heteroatoms. The molecule has 2 aromatic heterocycles. The number of aromatic carboxylic acids is 1. The maximum atomic E-state index is 13.7. The number of hydrogen-bond donors (Lipinski definition) is 1. The van der Waals surface area contributed by atoms with Gasteiger partial charge in [-0.25, -0.2) is 19.0 Å². The number of benzene rings is 2. The summed E-state index contributed by atoms with van der Waals surface area (Å²) < 4.78 is 26.7. The number of fused-ring (bicyclic) bond motifs is 1. The third-order valence-corrected chi connectivity index (χ3v) is 7.34. The molecule has 0 bridgehead atoms. The van der Waals surface area contributed by atoms with Gasteiger partial charge in [0.25, 0.3) is 5.56 Å². The molecule has 198 valence electrons. The fraction of sp³-hybridized carbons (Fsp3) is 0.172. The van der Waals surface area contributed by atoms with Crippen LogP contribution in [0.1, 0.15) is 47.1 Å². The summed E-state index contributed by atoms with van der Waals surface area (Å²) in [7, 11) is 0. The van der Waals surface area contributed by atoms with Crippen molar-refractivity contribution in [2.24, 2.45) is 4.99 Å². The van der Waals surface area contributed by atoms with E-state index in [0.717, 1.165) is 16.9 Å². The van der Waals surface area contributed by atoms with Gasteiger partial charge in [0.2, 0.25) is 0 Å². The Hall–Kier alpha value is -4.57. The summed E-state index contributed by atoms with van der Waals surface area (Å²) in [5.74, 6) is -1.24. The molecule has 0 unspecified atom stereocenters. The monoisotopic (exact) mass is 546 g/mol. The molecule has 1 atom stereocenters. The lowest BCUT2D eigenvalue weighted by Gasteiger charge is -2.24. The van der Waals surface area contributed by atoms with Crippen molar-refractivity contribution in [3.05, 3.63) is 114 Å². The maximum absolute atomic E-state index is 13.7. The van der Waals surface area contributed by atoms with Crippen LogP contribution in [-0.4, -0.2) is 28.2 Å². The minimum absolute atomic E-state index is 0.135. The van der Waals surface area contributed by atoms with Crippen molar-refractivity contribution in [3.8, 4) is 11.3 Å². The smallest absolute Gasteiger partial charge is 0.338 e. The van der Waals surface area contributed by atoms with E-state index in [1.54, 1.807) is 38.1 Å². The van der Waals surface area contributed by atoms with Gasteiger partial charge in [-0.3, -0.25) is 9.36 Å². The Bertz CT molecular complexity index is 1830. The van der Waals surface area contributed by atoms with E-state index in [9.17, 15) is 23.9 Å². The molecule has 8 nitrogen and oxygen atoms in total. The highest BCUT2D eigenvalue weighted by Crippen LogP contribution is 2.31. The number of hydrogen-bond acceptors (Lipinski definition) is 7. The van der Waals surface area contributed by atoms with E-state index in [0.29, 0.717) is 37.7 Å². The number of carbonyl (C=O) groups excluding carboxylic acids is 1. The molecule has 5 rings (SSSR count). The number of thiazole rings is 1. The molecule has 0 radical (unpaired) electrons. The molecule has 39 heavy (non-hydrogen) atoms. The lowest BCUT2D eigenvalue weighted by atomic mass is 9.96. The Morgan fingerprint density at radius 1 is 1.15 bits per heavy atom. The number of carboxylic acids is 1. The molecule has 0 fully saturated rings. The second kappa shape index (κ2) is 10.3. The first kappa shape index (κ1) is 26.1. The van der Waals surface area contributed by atoms with Crippen molar-refractivity contribution in [1.29, 1.82) is 0 Å². The van der Waals surface area contributed by atoms with Gasteiger partial charge >= 0.3 is 11.9 Å². The molecule has 0 saturated carbocycles. The van der Waals surface area contributed by atoms with Gasteiger partial charge in [0.1, 0.15) is 17.3 Å². The third-order valence-electron chi connectivity index (χ3n) is 6.35. The quantitative estimate of drug-likeness (QED) is 0.363. The zero-order valence-corrected chi connectivity index (χ0v) is 22.0. The molecular weight excluding hydrogens is 523 g/mol. The van der Waals surface area contributed by atoms with E-state index in [-0.39, 0.29) is 17.7 Å². The average Bonchev–Trinajstić information content (AvgIpc) is 3.48. The average molecular weight is 547 g/mol. The normalized spacial score (nSPS) is 15.2. The Balaban J connectivity index is 1.62. The van der Waals surface area contributed by atoms with Gasteiger partial charge in [-0.15, -0.1) is 0 Å². The summed E-state index contributed by atoms with van der Waals surface area (Å²) in [6, 6.07) is 12.9. The minimum Gasteiger partial charge on any atom is -0.478 e. The fourth-order valence-corrected chi connectivity index (χ4v) is 5.50. The summed E-state index contributed by atoms with van der Waals surface area (Å²) in [4.78, 5) is 42.9.